The highest BCUT2D eigenvalue weighted by atomic mass is 16.3. The summed E-state index contributed by atoms with van der Waals surface area (Å²) in [5.74, 6) is 1.91. The predicted octanol–water partition coefficient (Wildman–Crippen LogP) is 11.9. The van der Waals surface area contributed by atoms with Crippen LogP contribution in [0.1, 0.15) is 25.0 Å². The fraction of sp³-hybridized carbons (Fsp3) is 0.0652. The topological polar surface area (TPSA) is 51.8 Å². The van der Waals surface area contributed by atoms with Crippen molar-refractivity contribution >= 4 is 32.7 Å². The van der Waals surface area contributed by atoms with Gasteiger partial charge >= 0.3 is 0 Å². The molecule has 4 heteroatoms. The van der Waals surface area contributed by atoms with Gasteiger partial charge in [0.15, 0.2) is 17.5 Å². The first-order chi connectivity index (χ1) is 24.5. The van der Waals surface area contributed by atoms with Crippen molar-refractivity contribution in [1.29, 1.82) is 0 Å². The molecule has 0 saturated carbocycles. The Balaban J connectivity index is 1.22. The quantitative estimate of drug-likeness (QED) is 0.192. The highest BCUT2D eigenvalue weighted by Crippen LogP contribution is 2.49. The minimum Gasteiger partial charge on any atom is -0.455 e. The zero-order valence-electron chi connectivity index (χ0n) is 27.7. The third-order valence-electron chi connectivity index (χ3n) is 10.3. The molecule has 0 unspecified atom stereocenters. The van der Waals surface area contributed by atoms with Gasteiger partial charge in [-0.3, -0.25) is 0 Å². The molecular formula is C46H31N3O. The van der Waals surface area contributed by atoms with Gasteiger partial charge in [0.25, 0.3) is 0 Å². The van der Waals surface area contributed by atoms with E-state index in [4.69, 9.17) is 19.4 Å². The monoisotopic (exact) mass is 641 g/mol. The van der Waals surface area contributed by atoms with Gasteiger partial charge in [-0.05, 0) is 63.0 Å². The fourth-order valence-corrected chi connectivity index (χ4v) is 7.79. The summed E-state index contributed by atoms with van der Waals surface area (Å²) in [6.45, 7) is 4.60. The van der Waals surface area contributed by atoms with E-state index in [-0.39, 0.29) is 5.41 Å². The Hall–Kier alpha value is -6.39. The van der Waals surface area contributed by atoms with Crippen molar-refractivity contribution in [3.05, 3.63) is 163 Å². The van der Waals surface area contributed by atoms with Crippen LogP contribution in [-0.2, 0) is 5.41 Å². The van der Waals surface area contributed by atoms with E-state index < -0.39 is 0 Å². The van der Waals surface area contributed by atoms with Gasteiger partial charge in [-0.25, -0.2) is 15.0 Å². The van der Waals surface area contributed by atoms with Crippen LogP contribution in [0, 0.1) is 0 Å². The van der Waals surface area contributed by atoms with Gasteiger partial charge in [0.2, 0.25) is 0 Å². The first-order valence-corrected chi connectivity index (χ1v) is 17.0. The molecule has 0 spiro atoms. The zero-order valence-corrected chi connectivity index (χ0v) is 27.7. The van der Waals surface area contributed by atoms with Crippen LogP contribution in [0.4, 0.5) is 0 Å². The largest absolute Gasteiger partial charge is 0.455 e. The van der Waals surface area contributed by atoms with Gasteiger partial charge in [-0.2, -0.15) is 0 Å². The second-order valence-corrected chi connectivity index (χ2v) is 13.6. The number of benzene rings is 7. The maximum atomic E-state index is 6.57. The normalized spacial score (nSPS) is 13.2. The highest BCUT2D eigenvalue weighted by molar-refractivity contribution is 6.19. The molecule has 9 aromatic rings. The molecule has 0 fully saturated rings. The molecule has 236 valence electrons. The summed E-state index contributed by atoms with van der Waals surface area (Å²) in [6.07, 6.45) is 0. The van der Waals surface area contributed by atoms with Gasteiger partial charge in [0.05, 0.1) is 0 Å². The first-order valence-electron chi connectivity index (χ1n) is 17.0. The van der Waals surface area contributed by atoms with E-state index in [9.17, 15) is 0 Å². The SMILES string of the molecule is CC1(C)c2ccccc2-c2cc(-c3nc(-c4ccccc4)nc(-c4cc5c6cc(-c7ccccc7)ccc6oc5c5ccccc45)n3)ccc21. The number of nitrogens with zero attached hydrogens (tertiary/aromatic N) is 3. The predicted molar refractivity (Wildman–Crippen MR) is 204 cm³/mol. The minimum atomic E-state index is -0.0774. The molecule has 1 aliphatic carbocycles. The van der Waals surface area contributed by atoms with E-state index in [0.717, 1.165) is 55.0 Å². The molecule has 2 aromatic heterocycles. The molecule has 10 rings (SSSR count). The number of aromatic nitrogens is 3. The molecule has 0 radical (unpaired) electrons. The summed E-state index contributed by atoms with van der Waals surface area (Å²) in [7, 11) is 0. The van der Waals surface area contributed by atoms with Crippen LogP contribution < -0.4 is 0 Å². The number of hydrogen-bond donors (Lipinski definition) is 0. The Morgan fingerprint density at radius 3 is 1.82 bits per heavy atom. The Morgan fingerprint density at radius 2 is 1.02 bits per heavy atom. The highest BCUT2D eigenvalue weighted by Gasteiger charge is 2.35. The summed E-state index contributed by atoms with van der Waals surface area (Å²) in [5.41, 5.74) is 12.0. The molecular weight excluding hydrogens is 611 g/mol. The molecule has 4 nitrogen and oxygen atoms in total. The number of fused-ring (bicyclic) bond motifs is 8. The smallest absolute Gasteiger partial charge is 0.164 e. The lowest BCUT2D eigenvalue weighted by Gasteiger charge is -2.21. The molecule has 0 N–H and O–H groups in total. The van der Waals surface area contributed by atoms with Gasteiger partial charge in [0, 0.05) is 38.3 Å². The van der Waals surface area contributed by atoms with Crippen LogP contribution in [-0.4, -0.2) is 15.0 Å². The fourth-order valence-electron chi connectivity index (χ4n) is 7.79. The van der Waals surface area contributed by atoms with Gasteiger partial charge in [0.1, 0.15) is 11.2 Å². The molecule has 50 heavy (non-hydrogen) atoms. The van der Waals surface area contributed by atoms with Crippen molar-refractivity contribution in [2.45, 2.75) is 19.3 Å². The Kier molecular flexibility index (Phi) is 6.19. The van der Waals surface area contributed by atoms with E-state index in [1.807, 2.05) is 24.3 Å². The molecule has 0 bridgehead atoms. The van der Waals surface area contributed by atoms with Crippen molar-refractivity contribution in [2.24, 2.45) is 0 Å². The number of furan rings is 1. The summed E-state index contributed by atoms with van der Waals surface area (Å²) < 4.78 is 6.57. The van der Waals surface area contributed by atoms with Crippen LogP contribution in [0.5, 0.6) is 0 Å². The average Bonchev–Trinajstić information content (AvgIpc) is 3.66. The van der Waals surface area contributed by atoms with Crippen molar-refractivity contribution < 1.29 is 4.42 Å². The van der Waals surface area contributed by atoms with E-state index in [2.05, 4.69) is 141 Å². The van der Waals surface area contributed by atoms with E-state index in [1.165, 1.54) is 27.8 Å². The van der Waals surface area contributed by atoms with Gasteiger partial charge in [-0.15, -0.1) is 0 Å². The summed E-state index contributed by atoms with van der Waals surface area (Å²) >= 11 is 0. The molecule has 0 aliphatic heterocycles. The van der Waals surface area contributed by atoms with Crippen molar-refractivity contribution in [3.8, 4) is 56.4 Å². The maximum Gasteiger partial charge on any atom is 0.164 e. The van der Waals surface area contributed by atoms with Crippen LogP contribution >= 0.6 is 0 Å². The summed E-state index contributed by atoms with van der Waals surface area (Å²) in [6, 6.07) is 53.0. The first kappa shape index (κ1) is 28.6. The van der Waals surface area contributed by atoms with E-state index >= 15 is 0 Å². The van der Waals surface area contributed by atoms with Crippen molar-refractivity contribution in [3.63, 3.8) is 0 Å². The molecule has 0 atom stereocenters. The standard InChI is InChI=1S/C46H31N3O/c1-46(2)39-20-12-11-18-33(39)35-26-31(21-23-40(35)46)44-47-43(29-15-7-4-8-16-29)48-45(49-44)38-27-37-36-25-30(28-13-5-3-6-14-28)22-24-41(36)50-42(37)34-19-10-9-17-32(34)38/h3-27H,1-2H3. The number of hydrogen-bond acceptors (Lipinski definition) is 4. The average molecular weight is 642 g/mol. The van der Waals surface area contributed by atoms with Crippen LogP contribution in [0.3, 0.4) is 0 Å². The summed E-state index contributed by atoms with van der Waals surface area (Å²) in [5, 5.41) is 4.15. The van der Waals surface area contributed by atoms with Crippen LogP contribution in [0.15, 0.2) is 156 Å². The maximum absolute atomic E-state index is 6.57. The van der Waals surface area contributed by atoms with Gasteiger partial charge < -0.3 is 4.42 Å². The molecule has 0 saturated heterocycles. The second kappa shape index (κ2) is 10.8. The molecule has 2 heterocycles. The van der Waals surface area contributed by atoms with E-state index in [0.29, 0.717) is 17.5 Å². The van der Waals surface area contributed by atoms with Crippen LogP contribution in [0.2, 0.25) is 0 Å². The molecule has 7 aromatic carbocycles. The lowest BCUT2D eigenvalue weighted by molar-refractivity contribution is 0.660. The third-order valence-corrected chi connectivity index (χ3v) is 10.3. The lowest BCUT2D eigenvalue weighted by atomic mass is 9.82. The van der Waals surface area contributed by atoms with Crippen molar-refractivity contribution in [1.82, 2.24) is 15.0 Å². The Bertz CT molecular complexity index is 2780. The number of rotatable bonds is 4. The van der Waals surface area contributed by atoms with Crippen molar-refractivity contribution in [2.75, 3.05) is 0 Å². The third kappa shape index (κ3) is 4.35. The Labute approximate surface area is 289 Å². The Morgan fingerprint density at radius 1 is 0.400 bits per heavy atom. The molecule has 1 aliphatic rings. The van der Waals surface area contributed by atoms with E-state index in [1.54, 1.807) is 0 Å². The van der Waals surface area contributed by atoms with Gasteiger partial charge in [-0.1, -0.05) is 141 Å². The second-order valence-electron chi connectivity index (χ2n) is 13.6. The summed E-state index contributed by atoms with van der Waals surface area (Å²) in [4.78, 5) is 15.5. The van der Waals surface area contributed by atoms with Crippen LogP contribution in [0.25, 0.3) is 89.1 Å². The minimum absolute atomic E-state index is 0.0774. The lowest BCUT2D eigenvalue weighted by Crippen LogP contribution is -2.14. The zero-order chi connectivity index (χ0) is 33.4. The molecule has 0 amide bonds.